The SMILES string of the molecule is C#Cc1cccc2cccc(-c3ncc4c(N5CCCC(C)(O)C5)nc(OCC56CCCN5C(c5ccc(C#N)c7c(-c8ncc9c(N%10CCCC(C)(O)C%10)nc(OCC%10%11CCCN%10CCC%11)nc9c8F)cccc57)CC6)nc4c3F)c12. The van der Waals surface area contributed by atoms with Crippen LogP contribution in [0.4, 0.5) is 20.4 Å². The molecule has 0 radical (unpaired) electrons. The Balaban J connectivity index is 0.809. The Hall–Kier alpha value is -7.67. The summed E-state index contributed by atoms with van der Waals surface area (Å²) in [6.45, 7) is 8.93. The summed E-state index contributed by atoms with van der Waals surface area (Å²) in [5.41, 5.74) is 0.898. The maximum atomic E-state index is 17.8. The van der Waals surface area contributed by atoms with Gasteiger partial charge in [-0.2, -0.15) is 25.2 Å². The van der Waals surface area contributed by atoms with Crippen molar-refractivity contribution in [2.75, 3.05) is 68.8 Å². The van der Waals surface area contributed by atoms with Crippen molar-refractivity contribution in [2.45, 2.75) is 119 Å². The van der Waals surface area contributed by atoms with Gasteiger partial charge in [0.2, 0.25) is 0 Å². The van der Waals surface area contributed by atoms with Crippen molar-refractivity contribution in [3.05, 3.63) is 107 Å². The van der Waals surface area contributed by atoms with Gasteiger partial charge >= 0.3 is 12.0 Å². The number of aromatic nitrogens is 6. The largest absolute Gasteiger partial charge is 0.461 e. The quantitative estimate of drug-likeness (QED) is 0.117. The third kappa shape index (κ3) is 8.81. The second-order valence-corrected chi connectivity index (χ2v) is 24.5. The van der Waals surface area contributed by atoms with E-state index in [2.05, 4.69) is 21.8 Å². The fourth-order valence-electron chi connectivity index (χ4n) is 15.2. The highest BCUT2D eigenvalue weighted by Gasteiger charge is 2.51. The van der Waals surface area contributed by atoms with Gasteiger partial charge in [-0.1, -0.05) is 60.5 Å². The van der Waals surface area contributed by atoms with Gasteiger partial charge in [0.05, 0.1) is 44.7 Å². The van der Waals surface area contributed by atoms with E-state index in [9.17, 15) is 15.5 Å². The molecule has 6 saturated heterocycles. The van der Waals surface area contributed by atoms with Gasteiger partial charge < -0.3 is 29.5 Å². The fourth-order valence-corrected chi connectivity index (χ4v) is 15.2. The molecule has 4 unspecified atom stereocenters. The zero-order valence-corrected chi connectivity index (χ0v) is 46.4. The molecular formula is C65H65F2N11O4. The van der Waals surface area contributed by atoms with Crippen LogP contribution in [-0.2, 0) is 0 Å². The summed E-state index contributed by atoms with van der Waals surface area (Å²) < 4.78 is 48.5. The molecule has 0 spiro atoms. The van der Waals surface area contributed by atoms with Gasteiger partial charge in [-0.15, -0.1) is 6.42 Å². The van der Waals surface area contributed by atoms with Gasteiger partial charge in [-0.3, -0.25) is 19.8 Å². The van der Waals surface area contributed by atoms with Crippen LogP contribution in [0.15, 0.2) is 79.1 Å². The summed E-state index contributed by atoms with van der Waals surface area (Å²) in [7, 11) is 0. The topological polar surface area (TPSA) is 173 Å². The summed E-state index contributed by atoms with van der Waals surface area (Å²) in [6, 6.07) is 23.3. The van der Waals surface area contributed by atoms with E-state index in [0.717, 1.165) is 99.1 Å². The number of aliphatic hydroxyl groups is 2. The lowest BCUT2D eigenvalue weighted by Crippen LogP contribution is -2.46. The molecule has 14 rings (SSSR count). The molecule has 6 aliphatic rings. The summed E-state index contributed by atoms with van der Waals surface area (Å²) in [5, 5.41) is 37.1. The first-order valence-electron chi connectivity index (χ1n) is 29.1. The van der Waals surface area contributed by atoms with E-state index in [1.165, 1.54) is 0 Å². The number of hydrogen-bond donors (Lipinski definition) is 2. The number of fused-ring (bicyclic) bond motifs is 6. The average molecular weight is 1100 g/mol. The summed E-state index contributed by atoms with van der Waals surface area (Å²) in [6.07, 6.45) is 19.5. The molecule has 4 aromatic carbocycles. The highest BCUT2D eigenvalue weighted by Crippen LogP contribution is 2.51. The standard InChI is InChI=1S/C65H65F2N11O4/c1-4-40-13-5-14-41-15-6-17-45(50(40)41)54-52(66)56-47(34-69-54)59(76-29-9-23-63(3,80)37-76)74-61(72-56)82-39-65-26-12-32-78(65)49(21-27-65)43-20-19-42(33-68)51-44(43)16-7-18-46(51)55-53(67)57-48(35-70-55)58(75-28-8-22-62(2,79)36-75)73-60(71-57)81-38-64-24-10-30-77(64)31-11-25-64/h1,5-7,13-20,34-35,49,79-80H,8-12,21-32,36-39H2,2-3H3. The summed E-state index contributed by atoms with van der Waals surface area (Å²) in [4.78, 5) is 38.1. The first-order valence-corrected chi connectivity index (χ1v) is 29.1. The molecule has 418 valence electrons. The van der Waals surface area contributed by atoms with Gasteiger partial charge in [-0.25, -0.2) is 8.78 Å². The molecule has 2 N–H and O–H groups in total. The molecule has 8 aromatic rings. The van der Waals surface area contributed by atoms with Crippen molar-refractivity contribution in [1.29, 1.82) is 5.26 Å². The summed E-state index contributed by atoms with van der Waals surface area (Å²) >= 11 is 0. The number of nitrogens with zero attached hydrogens (tertiary/aromatic N) is 11. The number of hydrogen-bond acceptors (Lipinski definition) is 15. The maximum absolute atomic E-state index is 17.8. The molecule has 4 aromatic heterocycles. The van der Waals surface area contributed by atoms with Crippen LogP contribution < -0.4 is 19.3 Å². The minimum Gasteiger partial charge on any atom is -0.461 e. The van der Waals surface area contributed by atoms with E-state index in [-0.39, 0.29) is 59.2 Å². The van der Waals surface area contributed by atoms with Crippen LogP contribution >= 0.6 is 0 Å². The van der Waals surface area contributed by atoms with E-state index in [4.69, 9.17) is 45.8 Å². The first kappa shape index (κ1) is 52.4. The van der Waals surface area contributed by atoms with Gasteiger partial charge in [0, 0.05) is 72.1 Å². The van der Waals surface area contributed by atoms with Crippen molar-refractivity contribution >= 4 is 55.0 Å². The molecule has 6 fully saturated rings. The lowest BCUT2D eigenvalue weighted by atomic mass is 9.90. The number of piperidine rings is 2. The van der Waals surface area contributed by atoms with Gasteiger partial charge in [0.15, 0.2) is 11.6 Å². The number of ether oxygens (including phenoxy) is 2. The highest BCUT2D eigenvalue weighted by molar-refractivity contribution is 6.04. The summed E-state index contributed by atoms with van der Waals surface area (Å²) in [5.74, 6) is 2.42. The molecular weight excluding hydrogens is 1040 g/mol. The molecule has 4 atom stereocenters. The molecule has 0 saturated carbocycles. The number of rotatable bonds is 11. The van der Waals surface area contributed by atoms with E-state index in [0.29, 0.717) is 95.6 Å². The predicted molar refractivity (Wildman–Crippen MR) is 312 cm³/mol. The third-order valence-corrected chi connectivity index (χ3v) is 19.0. The lowest BCUT2D eigenvalue weighted by molar-refractivity contribution is 0.0442. The number of pyridine rings is 2. The zero-order chi connectivity index (χ0) is 56.1. The van der Waals surface area contributed by atoms with Crippen molar-refractivity contribution in [3.63, 3.8) is 0 Å². The molecule has 0 aliphatic carbocycles. The average Bonchev–Trinajstić information content (AvgIpc) is 4.41. The Morgan fingerprint density at radius 1 is 0.622 bits per heavy atom. The number of β-amino-alcohol motifs (C(OH)–C–C–N with tert-alkyl or cyclic N) is 2. The molecule has 0 amide bonds. The molecule has 10 heterocycles. The molecule has 17 heteroatoms. The van der Waals surface area contributed by atoms with Crippen LogP contribution in [0.2, 0.25) is 0 Å². The van der Waals surface area contributed by atoms with Crippen molar-refractivity contribution in [2.24, 2.45) is 0 Å². The number of halogens is 2. The number of nitriles is 1. The van der Waals surface area contributed by atoms with Gasteiger partial charge in [-0.05, 0) is 139 Å². The van der Waals surface area contributed by atoms with Gasteiger partial charge in [0.1, 0.15) is 47.3 Å². The van der Waals surface area contributed by atoms with Crippen LogP contribution in [0, 0.1) is 35.3 Å². The molecule has 15 nitrogen and oxygen atoms in total. The first-order chi connectivity index (χ1) is 39.7. The van der Waals surface area contributed by atoms with E-state index >= 15 is 8.78 Å². The monoisotopic (exact) mass is 1100 g/mol. The Morgan fingerprint density at radius 2 is 1.17 bits per heavy atom. The van der Waals surface area contributed by atoms with E-state index in [1.54, 1.807) is 19.3 Å². The minimum absolute atomic E-state index is 0.0296. The minimum atomic E-state index is -0.989. The molecule has 0 bridgehead atoms. The second-order valence-electron chi connectivity index (χ2n) is 24.5. The van der Waals surface area contributed by atoms with Crippen LogP contribution in [-0.4, -0.2) is 131 Å². The van der Waals surface area contributed by atoms with Crippen LogP contribution in [0.1, 0.15) is 114 Å². The van der Waals surface area contributed by atoms with Crippen LogP contribution in [0.3, 0.4) is 0 Å². The van der Waals surface area contributed by atoms with Crippen LogP contribution in [0.5, 0.6) is 12.0 Å². The fraction of sp³-hybridized carbons (Fsp3) is 0.431. The second kappa shape index (κ2) is 20.0. The Labute approximate surface area is 475 Å². The van der Waals surface area contributed by atoms with E-state index < -0.39 is 28.4 Å². The van der Waals surface area contributed by atoms with Crippen molar-refractivity contribution in [1.82, 2.24) is 39.7 Å². The maximum Gasteiger partial charge on any atom is 0.319 e. The Bertz CT molecular complexity index is 3980. The highest BCUT2D eigenvalue weighted by atomic mass is 19.1. The van der Waals surface area contributed by atoms with Crippen molar-refractivity contribution < 1.29 is 28.5 Å². The third-order valence-electron chi connectivity index (χ3n) is 19.0. The van der Waals surface area contributed by atoms with Crippen LogP contribution in [0.25, 0.3) is 65.9 Å². The lowest BCUT2D eigenvalue weighted by Gasteiger charge is -2.38. The van der Waals surface area contributed by atoms with E-state index in [1.807, 2.05) is 83.5 Å². The molecule has 82 heavy (non-hydrogen) atoms. The Kier molecular flexibility index (Phi) is 12.8. The van der Waals surface area contributed by atoms with Crippen molar-refractivity contribution in [3.8, 4) is 52.9 Å². The number of anilines is 2. The molecule has 6 aliphatic heterocycles. The smallest absolute Gasteiger partial charge is 0.319 e. The zero-order valence-electron chi connectivity index (χ0n) is 46.4. The number of terminal acetylenes is 1. The number of benzene rings is 4. The van der Waals surface area contributed by atoms with Gasteiger partial charge in [0.25, 0.3) is 0 Å². The normalized spacial score (nSPS) is 24.6. The predicted octanol–water partition coefficient (Wildman–Crippen LogP) is 10.6. The Morgan fingerprint density at radius 3 is 1.77 bits per heavy atom.